The summed E-state index contributed by atoms with van der Waals surface area (Å²) < 4.78 is 2.20. The number of hydrogen-bond donors (Lipinski definition) is 10. The van der Waals surface area contributed by atoms with Crippen LogP contribution in [0.1, 0.15) is 122 Å². The van der Waals surface area contributed by atoms with E-state index in [-0.39, 0.29) is 12.3 Å². The lowest BCUT2D eigenvalue weighted by Gasteiger charge is -2.38. The molecular formula is C93H110Br2Cl2N24O8. The largest absolute Gasteiger partial charge is 0.478 e. The second-order valence-corrected chi connectivity index (χ2v) is 34.7. The number of benzene rings is 8. The van der Waals surface area contributed by atoms with Crippen LogP contribution in [0.2, 0.25) is 10.0 Å². The molecule has 14 N–H and O–H groups in total. The Morgan fingerprint density at radius 2 is 0.674 bits per heavy atom. The van der Waals surface area contributed by atoms with Gasteiger partial charge in [-0.15, -0.1) is 20.4 Å². The molecule has 0 spiro atoms. The molecule has 678 valence electrons. The normalized spacial score (nSPS) is 14.4. The number of rotatable bonds is 30. The van der Waals surface area contributed by atoms with E-state index in [0.29, 0.717) is 89.4 Å². The summed E-state index contributed by atoms with van der Waals surface area (Å²) >= 11 is 19.1. The molecule has 0 saturated carbocycles. The molecule has 32 nitrogen and oxygen atoms in total. The molecule has 16 rings (SSSR count). The Bertz CT molecular complexity index is 5450. The zero-order valence-electron chi connectivity index (χ0n) is 72.0. The van der Waals surface area contributed by atoms with Gasteiger partial charge >= 0.3 is 24.2 Å². The molecule has 4 aromatic heterocycles. The van der Waals surface area contributed by atoms with Crippen molar-refractivity contribution in [3.8, 4) is 0 Å². The van der Waals surface area contributed by atoms with Crippen molar-refractivity contribution in [2.45, 2.75) is 134 Å². The number of nitrogens with two attached hydrogens (primary N) is 4. The molecule has 4 aliphatic heterocycles. The molecule has 129 heavy (non-hydrogen) atoms. The van der Waals surface area contributed by atoms with Gasteiger partial charge in [0.05, 0.1) is 11.1 Å². The van der Waals surface area contributed by atoms with Crippen LogP contribution in [0.15, 0.2) is 209 Å². The van der Waals surface area contributed by atoms with Gasteiger partial charge < -0.3 is 52.7 Å². The number of carbonyl (C=O) groups is 2. The van der Waals surface area contributed by atoms with Gasteiger partial charge in [0.25, 0.3) is 0 Å². The number of H-pyrrole nitrogens is 4. The molecule has 0 bridgehead atoms. The summed E-state index contributed by atoms with van der Waals surface area (Å²) in [6.07, 6.45) is 12.6. The summed E-state index contributed by atoms with van der Waals surface area (Å²) in [5, 5.41) is 48.1. The third kappa shape index (κ3) is 31.3. The first kappa shape index (κ1) is 97.4. The summed E-state index contributed by atoms with van der Waals surface area (Å²) in [7, 11) is 0. The number of nitrogen functional groups attached to an aromatic ring is 4. The number of aryl methyl sites for hydroxylation is 1. The van der Waals surface area contributed by atoms with Gasteiger partial charge in [0, 0.05) is 148 Å². The van der Waals surface area contributed by atoms with Crippen LogP contribution < -0.4 is 42.5 Å². The minimum absolute atomic E-state index is 0.250. The van der Waals surface area contributed by atoms with Gasteiger partial charge in [0.1, 0.15) is 0 Å². The van der Waals surface area contributed by atoms with Gasteiger partial charge in [-0.1, -0.05) is 194 Å². The molecule has 4 saturated heterocycles. The number of nitrogens with zero attached hydrogens (tertiary/aromatic N) is 16. The molecule has 36 heteroatoms. The molecule has 0 atom stereocenters. The highest BCUT2D eigenvalue weighted by Gasteiger charge is 2.32. The second kappa shape index (κ2) is 50.5. The zero-order valence-corrected chi connectivity index (χ0v) is 76.7. The van der Waals surface area contributed by atoms with Crippen molar-refractivity contribution in [3.05, 3.63) is 280 Å². The van der Waals surface area contributed by atoms with Gasteiger partial charge in [-0.25, -0.2) is 30.0 Å². The van der Waals surface area contributed by atoms with Crippen molar-refractivity contribution in [2.75, 3.05) is 121 Å². The van der Waals surface area contributed by atoms with E-state index < -0.39 is 11.9 Å². The number of piperidine rings is 4. The Hall–Kier alpha value is -12.2. The van der Waals surface area contributed by atoms with Gasteiger partial charge in [-0.2, -0.15) is 39.1 Å². The zero-order chi connectivity index (χ0) is 91.4. The van der Waals surface area contributed by atoms with Gasteiger partial charge in [-0.05, 0) is 195 Å². The average Bonchev–Trinajstić information content (AvgIpc) is 1.82. The second-order valence-electron chi connectivity index (χ2n) is 32.0. The number of carboxylic acid groups (broad SMARTS) is 2. The highest BCUT2D eigenvalue weighted by atomic mass is 79.9. The summed E-state index contributed by atoms with van der Waals surface area (Å²) in [5.41, 5.74) is 34.5. The average molecular weight is 1920 g/mol. The van der Waals surface area contributed by atoms with Gasteiger partial charge in [0.2, 0.25) is 47.6 Å². The SMILES string of the molecule is Cc1cccc(CN(CCc2ccc(Cl)cc2)C2CCN(c3n[nH]c(N)n3)CC2)c1.Nc1nc(N2CCC(N(CCc3ccc(Br)cc3)Cc3cccc(C(=O)O)c3)CC2)n[nH]1.Nc1nc(N2CCC(N(CCc3ccc(Br)cc3)Cc3ccccc3)CC2)n[nH]1.Nc1nc(N2CCC(N(CCc3ccc(Cl)cc3)Cc3ccccc3C(=O)O)CC2)n[nH]1.O=C=O.O=C=O. The predicted molar refractivity (Wildman–Crippen MR) is 506 cm³/mol. The number of nitrogens with one attached hydrogen (secondary N) is 4. The number of anilines is 8. The van der Waals surface area contributed by atoms with E-state index in [1.54, 1.807) is 24.3 Å². The van der Waals surface area contributed by atoms with Gasteiger partial charge in [-0.3, -0.25) is 19.6 Å². The van der Waals surface area contributed by atoms with Crippen molar-refractivity contribution in [1.82, 2.24) is 80.3 Å². The molecule has 8 heterocycles. The minimum Gasteiger partial charge on any atom is -0.478 e. The van der Waals surface area contributed by atoms with Crippen LogP contribution in [-0.4, -0.2) is 217 Å². The van der Waals surface area contributed by atoms with E-state index in [2.05, 4.69) is 254 Å². The van der Waals surface area contributed by atoms with Crippen LogP contribution >= 0.6 is 55.1 Å². The first-order valence-corrected chi connectivity index (χ1v) is 45.2. The van der Waals surface area contributed by atoms with E-state index in [0.717, 1.165) is 205 Å². The van der Waals surface area contributed by atoms with E-state index in [1.807, 2.05) is 60.7 Å². The Labute approximate surface area is 776 Å². The molecule has 8 aromatic carbocycles. The number of carboxylic acids is 2. The maximum atomic E-state index is 11.7. The van der Waals surface area contributed by atoms with Crippen LogP contribution in [0.4, 0.5) is 47.6 Å². The van der Waals surface area contributed by atoms with Crippen molar-refractivity contribution in [3.63, 3.8) is 0 Å². The first-order valence-electron chi connectivity index (χ1n) is 42.9. The Balaban J connectivity index is 0.000000163. The third-order valence-corrected chi connectivity index (χ3v) is 24.9. The molecule has 0 aliphatic carbocycles. The number of halogens is 4. The molecule has 12 aromatic rings. The summed E-state index contributed by atoms with van der Waals surface area (Å²) in [4.78, 5) is 91.5. The molecule has 0 radical (unpaired) electrons. The van der Waals surface area contributed by atoms with Crippen molar-refractivity contribution in [2.24, 2.45) is 0 Å². The molecular weight excluding hydrogens is 1810 g/mol. The molecule has 0 unspecified atom stereocenters. The smallest absolute Gasteiger partial charge is 0.373 e. The molecule has 4 aliphatic rings. The summed E-state index contributed by atoms with van der Waals surface area (Å²) in [6.45, 7) is 16.3. The maximum absolute atomic E-state index is 11.7. The quantitative estimate of drug-likeness (QED) is 0.0200. The standard InChI is InChI=1S/C23H27BrN6O2.C23H27ClN6O2.C23H29ClN6.C22H27BrN6.2CO2/c24-19-6-4-16(5-7-19)8-11-30(15-17-2-1-3-18(14-17)21(31)32)20-9-12-29(13-10-20)23-26-22(25)27-28-23;24-18-7-5-16(6-8-18)9-12-30(15-17-3-1-2-4-20(17)21(31)32)19-10-13-29(14-11-19)23-26-22(25)27-28-23;1-17-3-2-4-19(15-17)16-30(12-9-18-5-7-20(24)8-6-18)21-10-13-29(14-11-21)23-26-22(25)27-28-23;23-19-8-6-17(7-9-19)10-13-29(16-18-4-2-1-3-5-18)20-11-14-28(15-12-20)22-25-21(24)26-27-22;2*2-1-3/h1-7,14,20H,8-13,15H2,(H,31,32)(H3,25,26,27,28);1-8,19H,9-15H2,(H,31,32)(H3,25,26,27,28);2-8,15,21H,9-14,16H2,1H3,(H3,25,26,27,28);1-9,20H,10-16H2,(H3,24,25,26,27);;. The van der Waals surface area contributed by atoms with E-state index in [1.165, 1.54) is 38.9 Å². The van der Waals surface area contributed by atoms with E-state index in [4.69, 9.17) is 65.3 Å². The number of aromatic amines is 4. The van der Waals surface area contributed by atoms with E-state index >= 15 is 0 Å². The first-order chi connectivity index (χ1) is 62.5. The lowest BCUT2D eigenvalue weighted by molar-refractivity contribution is -0.193. The number of aromatic nitrogens is 12. The van der Waals surface area contributed by atoms with E-state index in [9.17, 15) is 19.8 Å². The monoisotopic (exact) mass is 1920 g/mol. The van der Waals surface area contributed by atoms with Crippen LogP contribution in [0, 0.1) is 6.92 Å². The third-order valence-electron chi connectivity index (χ3n) is 23.3. The van der Waals surface area contributed by atoms with Crippen LogP contribution in [0.3, 0.4) is 0 Å². The molecule has 4 fully saturated rings. The maximum Gasteiger partial charge on any atom is 0.373 e. The van der Waals surface area contributed by atoms with Crippen molar-refractivity contribution < 1.29 is 39.0 Å². The number of hydrogen-bond acceptors (Lipinski definition) is 26. The highest BCUT2D eigenvalue weighted by Crippen LogP contribution is 2.30. The number of aromatic carboxylic acids is 2. The minimum atomic E-state index is -0.896. The fourth-order valence-corrected chi connectivity index (χ4v) is 17.4. The van der Waals surface area contributed by atoms with Crippen molar-refractivity contribution in [1.29, 1.82) is 0 Å². The molecule has 0 amide bonds. The number of carbonyl (C=O) groups excluding carboxylic acids is 4. The van der Waals surface area contributed by atoms with Gasteiger partial charge in [0.15, 0.2) is 0 Å². The van der Waals surface area contributed by atoms with Crippen molar-refractivity contribution >= 4 is 127 Å². The fourth-order valence-electron chi connectivity index (χ4n) is 16.6. The predicted octanol–water partition coefficient (Wildman–Crippen LogP) is 13.8. The fraction of sp³-hybridized carbons (Fsp3) is 0.355. The summed E-state index contributed by atoms with van der Waals surface area (Å²) in [5.74, 6) is 2.30. The lowest BCUT2D eigenvalue weighted by atomic mass is 10.00. The Morgan fingerprint density at radius 1 is 0.380 bits per heavy atom. The Morgan fingerprint density at radius 3 is 0.992 bits per heavy atom. The summed E-state index contributed by atoms with van der Waals surface area (Å²) in [6, 6.07) is 69.1. The van der Waals surface area contributed by atoms with Crippen LogP contribution in [0.5, 0.6) is 0 Å². The lowest BCUT2D eigenvalue weighted by Crippen LogP contribution is -2.45. The highest BCUT2D eigenvalue weighted by molar-refractivity contribution is 9.10. The Kier molecular flexibility index (Phi) is 38.2. The van der Waals surface area contributed by atoms with Crippen LogP contribution in [-0.2, 0) is 71.0 Å². The topological polar surface area (TPSA) is 439 Å². The van der Waals surface area contributed by atoms with Crippen LogP contribution in [0.25, 0.3) is 0 Å².